The van der Waals surface area contributed by atoms with Crippen molar-refractivity contribution in [2.45, 2.75) is 38.1 Å². The van der Waals surface area contributed by atoms with Crippen LogP contribution in [-0.2, 0) is 4.79 Å². The molecular weight excluding hydrogens is 491 g/mol. The summed E-state index contributed by atoms with van der Waals surface area (Å²) in [6.45, 7) is 1.32. The number of carbonyl (C=O) groups excluding carboxylic acids is 2. The number of nitrogens with zero attached hydrogens (tertiary/aromatic N) is 3. The lowest BCUT2D eigenvalue weighted by molar-refractivity contribution is -0.153. The predicted molar refractivity (Wildman–Crippen MR) is 118 cm³/mol. The Morgan fingerprint density at radius 3 is 2.53 bits per heavy atom. The summed E-state index contributed by atoms with van der Waals surface area (Å²) in [6.07, 6.45) is -5.56. The second-order valence-electron chi connectivity index (χ2n) is 8.15. The van der Waals surface area contributed by atoms with Crippen LogP contribution in [0.3, 0.4) is 0 Å². The average molecular weight is 510 g/mol. The van der Waals surface area contributed by atoms with Crippen LogP contribution in [0.15, 0.2) is 41.3 Å². The van der Waals surface area contributed by atoms with Crippen LogP contribution in [0.4, 0.5) is 27.8 Å². The first-order chi connectivity index (χ1) is 16.9. The summed E-state index contributed by atoms with van der Waals surface area (Å²) >= 11 is 0. The van der Waals surface area contributed by atoms with Crippen molar-refractivity contribution >= 4 is 28.7 Å². The molecule has 1 aromatic carbocycles. The predicted octanol–water partition coefficient (Wildman–Crippen LogP) is 2.83. The monoisotopic (exact) mass is 510 g/mol. The van der Waals surface area contributed by atoms with Crippen molar-refractivity contribution in [2.75, 3.05) is 11.4 Å². The molecule has 0 bridgehead atoms. The van der Waals surface area contributed by atoms with Crippen LogP contribution in [0.1, 0.15) is 30.1 Å². The number of aliphatic hydroxyl groups excluding tert-OH is 1. The molecule has 1 unspecified atom stereocenters. The number of carbonyl (C=O) groups is 2. The van der Waals surface area contributed by atoms with E-state index in [9.17, 15) is 41.4 Å². The van der Waals surface area contributed by atoms with E-state index in [1.165, 1.54) is 19.1 Å². The van der Waals surface area contributed by atoms with Crippen LogP contribution in [0.25, 0.3) is 16.7 Å². The molecule has 0 saturated carbocycles. The number of hydrogen-bond acceptors (Lipinski definition) is 5. The third kappa shape index (κ3) is 4.53. The second kappa shape index (κ2) is 9.30. The van der Waals surface area contributed by atoms with Crippen molar-refractivity contribution < 1.29 is 36.6 Å². The molecule has 0 radical (unpaired) electrons. The summed E-state index contributed by atoms with van der Waals surface area (Å²) in [5.74, 6) is -3.99. The quantitative estimate of drug-likeness (QED) is 0.514. The topological polar surface area (TPSA) is 105 Å². The normalized spacial score (nSPS) is 17.0. The molecule has 13 heteroatoms. The lowest BCUT2D eigenvalue weighted by atomic mass is 10.1. The number of pyridine rings is 2. The van der Waals surface area contributed by atoms with E-state index in [-0.39, 0.29) is 35.5 Å². The number of amides is 2. The number of aliphatic hydroxyl groups is 1. The average Bonchev–Trinajstić information content (AvgIpc) is 3.15. The van der Waals surface area contributed by atoms with Crippen molar-refractivity contribution in [3.05, 3.63) is 63.9 Å². The summed E-state index contributed by atoms with van der Waals surface area (Å²) in [4.78, 5) is 43.4. The molecule has 4 rings (SSSR count). The van der Waals surface area contributed by atoms with Crippen molar-refractivity contribution in [1.29, 1.82) is 0 Å². The molecule has 2 N–H and O–H groups in total. The Morgan fingerprint density at radius 1 is 1.22 bits per heavy atom. The van der Waals surface area contributed by atoms with Gasteiger partial charge in [0.25, 0.3) is 11.8 Å². The molecule has 1 fully saturated rings. The van der Waals surface area contributed by atoms with Crippen LogP contribution < -0.4 is 15.6 Å². The zero-order chi connectivity index (χ0) is 26.4. The van der Waals surface area contributed by atoms with Crippen LogP contribution in [-0.4, -0.2) is 51.3 Å². The highest BCUT2D eigenvalue weighted by molar-refractivity contribution is 6.00. The van der Waals surface area contributed by atoms with Crippen LogP contribution in [0, 0.1) is 11.6 Å². The number of fused-ring (bicyclic) bond motifs is 1. The largest absolute Gasteiger partial charge is 0.408 e. The van der Waals surface area contributed by atoms with Gasteiger partial charge in [0.1, 0.15) is 35.2 Å². The molecule has 190 valence electrons. The number of benzene rings is 1. The highest BCUT2D eigenvalue weighted by Crippen LogP contribution is 2.26. The summed E-state index contributed by atoms with van der Waals surface area (Å²) in [6, 6.07) is 2.66. The summed E-state index contributed by atoms with van der Waals surface area (Å²) in [5.41, 5.74) is -2.30. The lowest BCUT2D eigenvalue weighted by Gasteiger charge is -2.21. The van der Waals surface area contributed by atoms with Gasteiger partial charge in [-0.3, -0.25) is 23.9 Å². The number of nitrogens with one attached hydrogen (secondary N) is 1. The van der Waals surface area contributed by atoms with Gasteiger partial charge in [0, 0.05) is 25.2 Å². The number of alkyl halides is 3. The van der Waals surface area contributed by atoms with Gasteiger partial charge in [-0.15, -0.1) is 0 Å². The van der Waals surface area contributed by atoms with Crippen molar-refractivity contribution in [1.82, 2.24) is 14.9 Å². The molecule has 1 aliphatic rings. The van der Waals surface area contributed by atoms with Gasteiger partial charge < -0.3 is 10.4 Å². The molecule has 1 saturated heterocycles. The Bertz CT molecular complexity index is 1420. The van der Waals surface area contributed by atoms with Gasteiger partial charge in [-0.2, -0.15) is 13.2 Å². The molecule has 3 aromatic rings. The molecule has 2 amide bonds. The first-order valence-electron chi connectivity index (χ1n) is 10.8. The Labute approximate surface area is 200 Å². The highest BCUT2D eigenvalue weighted by atomic mass is 19.4. The maximum atomic E-state index is 14.7. The minimum Gasteiger partial charge on any atom is -0.383 e. The Morgan fingerprint density at radius 2 is 1.94 bits per heavy atom. The zero-order valence-corrected chi connectivity index (χ0v) is 18.6. The van der Waals surface area contributed by atoms with E-state index >= 15 is 0 Å². The van der Waals surface area contributed by atoms with Gasteiger partial charge in [0.2, 0.25) is 5.43 Å². The third-order valence-corrected chi connectivity index (χ3v) is 5.81. The Balaban J connectivity index is 1.92. The molecule has 0 spiro atoms. The Kier molecular flexibility index (Phi) is 6.52. The van der Waals surface area contributed by atoms with E-state index < -0.39 is 59.2 Å². The van der Waals surface area contributed by atoms with E-state index in [4.69, 9.17) is 0 Å². The van der Waals surface area contributed by atoms with Crippen LogP contribution in [0.5, 0.6) is 0 Å². The molecular formula is C23H19F5N4O4. The zero-order valence-electron chi connectivity index (χ0n) is 18.6. The van der Waals surface area contributed by atoms with E-state index in [0.29, 0.717) is 6.07 Å². The maximum absolute atomic E-state index is 14.7. The minimum absolute atomic E-state index is 0.0139. The molecule has 1 aliphatic heterocycles. The maximum Gasteiger partial charge on any atom is 0.408 e. The summed E-state index contributed by atoms with van der Waals surface area (Å²) < 4.78 is 68.8. The molecule has 36 heavy (non-hydrogen) atoms. The Hall–Kier alpha value is -3.87. The summed E-state index contributed by atoms with van der Waals surface area (Å²) in [7, 11) is 0. The SMILES string of the molecule is CC[C@@H](NC(=O)c1cn(-c2ccc(F)cc2F)c2nc(N3CCC(O)C3=O)ccc2c1=O)C(F)(F)F. The fourth-order valence-electron chi connectivity index (χ4n) is 3.91. The number of hydrogen-bond donors (Lipinski definition) is 2. The lowest BCUT2D eigenvalue weighted by Crippen LogP contribution is -2.46. The fraction of sp³-hybridized carbons (Fsp3) is 0.304. The number of anilines is 1. The van der Waals surface area contributed by atoms with Crippen molar-refractivity contribution in [3.8, 4) is 5.69 Å². The number of rotatable bonds is 5. The highest BCUT2D eigenvalue weighted by Gasteiger charge is 2.40. The van der Waals surface area contributed by atoms with Crippen molar-refractivity contribution in [3.63, 3.8) is 0 Å². The first-order valence-corrected chi connectivity index (χ1v) is 10.8. The van der Waals surface area contributed by atoms with Gasteiger partial charge in [0.15, 0.2) is 5.65 Å². The first kappa shape index (κ1) is 25.2. The number of aromatic nitrogens is 2. The van der Waals surface area contributed by atoms with E-state index in [1.54, 1.807) is 5.32 Å². The number of halogens is 5. The van der Waals surface area contributed by atoms with E-state index in [0.717, 1.165) is 27.8 Å². The smallest absolute Gasteiger partial charge is 0.383 e. The van der Waals surface area contributed by atoms with Gasteiger partial charge in [-0.1, -0.05) is 6.92 Å². The van der Waals surface area contributed by atoms with Gasteiger partial charge in [-0.25, -0.2) is 13.8 Å². The van der Waals surface area contributed by atoms with Gasteiger partial charge in [0.05, 0.1) is 11.1 Å². The van der Waals surface area contributed by atoms with Crippen LogP contribution in [0.2, 0.25) is 0 Å². The molecule has 2 atom stereocenters. The second-order valence-corrected chi connectivity index (χ2v) is 8.15. The molecule has 0 aliphatic carbocycles. The van der Waals surface area contributed by atoms with Gasteiger partial charge >= 0.3 is 6.18 Å². The van der Waals surface area contributed by atoms with Crippen molar-refractivity contribution in [2.24, 2.45) is 0 Å². The molecule has 8 nitrogen and oxygen atoms in total. The van der Waals surface area contributed by atoms with Crippen LogP contribution >= 0.6 is 0 Å². The fourth-order valence-corrected chi connectivity index (χ4v) is 3.91. The van der Waals surface area contributed by atoms with Gasteiger partial charge in [-0.05, 0) is 30.7 Å². The summed E-state index contributed by atoms with van der Waals surface area (Å²) in [5, 5.41) is 11.2. The minimum atomic E-state index is -4.77. The van der Waals surface area contributed by atoms with E-state index in [2.05, 4.69) is 4.98 Å². The van der Waals surface area contributed by atoms with E-state index in [1.807, 2.05) is 0 Å². The molecule has 3 heterocycles. The standard InChI is InChI=1S/C23H19F5N4O4/c1-2-17(23(26,27)28)29-21(35)13-10-32(15-5-3-11(24)9-14(15)25)20-12(19(13)34)4-6-18(30-20)31-8-7-16(33)22(31)36/h3-6,9-10,16-17,33H,2,7-8H2,1H3,(H,29,35)/t16?,17-/m1/s1. The third-order valence-electron chi connectivity index (χ3n) is 5.81. The molecule has 2 aromatic heterocycles.